The predicted molar refractivity (Wildman–Crippen MR) is 85.2 cm³/mol. The molecule has 0 N–H and O–H groups in total. The van der Waals surface area contributed by atoms with E-state index in [4.69, 9.17) is 9.47 Å². The van der Waals surface area contributed by atoms with Crippen molar-refractivity contribution in [1.29, 1.82) is 0 Å². The Kier molecular flexibility index (Phi) is 5.55. The fourth-order valence-corrected chi connectivity index (χ4v) is 2.36. The second-order valence-electron chi connectivity index (χ2n) is 4.41. The van der Waals surface area contributed by atoms with Gasteiger partial charge in [0.1, 0.15) is 6.61 Å². The smallest absolute Gasteiger partial charge is 0.330 e. The lowest BCUT2D eigenvalue weighted by atomic mass is 10.2. The number of ether oxygens (including phenoxy) is 3. The molecule has 0 amide bonds. The number of methoxy groups -OCH3 is 2. The molecule has 6 heteroatoms. The molecule has 0 radical (unpaired) electrons. The minimum Gasteiger partial charge on any atom is -0.493 e. The third kappa shape index (κ3) is 4.33. The molecule has 0 saturated carbocycles. The molecule has 0 unspecified atom stereocenters. The van der Waals surface area contributed by atoms with E-state index in [0.29, 0.717) is 18.1 Å². The molecule has 0 aliphatic carbocycles. The Bertz CT molecular complexity index is 679. The van der Waals surface area contributed by atoms with Crippen molar-refractivity contribution in [2.24, 2.45) is 0 Å². The summed E-state index contributed by atoms with van der Waals surface area (Å²) in [5.41, 5.74) is 1.71. The van der Waals surface area contributed by atoms with Gasteiger partial charge in [-0.3, -0.25) is 0 Å². The third-order valence-electron chi connectivity index (χ3n) is 2.84. The van der Waals surface area contributed by atoms with Crippen LogP contribution in [0.15, 0.2) is 29.7 Å². The summed E-state index contributed by atoms with van der Waals surface area (Å²) in [4.78, 5) is 15.4. The zero-order valence-electron chi connectivity index (χ0n) is 12.7. The minimum atomic E-state index is -0.404. The van der Waals surface area contributed by atoms with Gasteiger partial charge in [0.05, 0.1) is 24.9 Å². The van der Waals surface area contributed by atoms with Gasteiger partial charge in [0.15, 0.2) is 11.5 Å². The number of thiazole rings is 1. The second-order valence-corrected chi connectivity index (χ2v) is 5.48. The number of aryl methyl sites for hydroxylation is 1. The Balaban J connectivity index is 2.08. The topological polar surface area (TPSA) is 57.7 Å². The zero-order valence-corrected chi connectivity index (χ0v) is 13.5. The molecule has 2 aromatic rings. The van der Waals surface area contributed by atoms with Crippen LogP contribution < -0.4 is 9.47 Å². The molecule has 0 fully saturated rings. The summed E-state index contributed by atoms with van der Waals surface area (Å²) in [5.74, 6) is 0.820. The Morgan fingerprint density at radius 1 is 1.32 bits per heavy atom. The number of hydrogen-bond acceptors (Lipinski definition) is 6. The van der Waals surface area contributed by atoms with Crippen molar-refractivity contribution in [3.63, 3.8) is 0 Å². The molecule has 1 aromatic carbocycles. The first-order valence-electron chi connectivity index (χ1n) is 6.60. The van der Waals surface area contributed by atoms with Crippen LogP contribution >= 0.6 is 11.3 Å². The van der Waals surface area contributed by atoms with Crippen molar-refractivity contribution >= 4 is 23.4 Å². The zero-order chi connectivity index (χ0) is 15.9. The third-order valence-corrected chi connectivity index (χ3v) is 3.67. The van der Waals surface area contributed by atoms with Crippen molar-refractivity contribution < 1.29 is 19.0 Å². The van der Waals surface area contributed by atoms with Gasteiger partial charge in [-0.25, -0.2) is 9.78 Å². The van der Waals surface area contributed by atoms with Gasteiger partial charge in [-0.2, -0.15) is 0 Å². The summed E-state index contributed by atoms with van der Waals surface area (Å²) >= 11 is 1.59. The fourth-order valence-electron chi connectivity index (χ4n) is 1.77. The summed E-state index contributed by atoms with van der Waals surface area (Å²) in [6, 6.07) is 5.43. The van der Waals surface area contributed by atoms with Gasteiger partial charge in [0, 0.05) is 11.5 Å². The van der Waals surface area contributed by atoms with Crippen LogP contribution in [0.5, 0.6) is 11.5 Å². The van der Waals surface area contributed by atoms with E-state index in [1.165, 1.54) is 13.2 Å². The van der Waals surface area contributed by atoms with Crippen molar-refractivity contribution in [3.05, 3.63) is 45.9 Å². The SMILES string of the molecule is COC(=O)/C=C\c1ccc(OCc2csc(C)n2)c(OC)c1. The number of rotatable bonds is 6. The number of carbonyl (C=O) groups is 1. The molecule has 5 nitrogen and oxygen atoms in total. The van der Waals surface area contributed by atoms with Crippen molar-refractivity contribution in [3.8, 4) is 11.5 Å². The van der Waals surface area contributed by atoms with E-state index >= 15 is 0 Å². The van der Waals surface area contributed by atoms with E-state index in [1.807, 2.05) is 18.4 Å². The van der Waals surface area contributed by atoms with Crippen molar-refractivity contribution in [2.75, 3.05) is 14.2 Å². The molecule has 1 heterocycles. The molecule has 0 bridgehead atoms. The lowest BCUT2D eigenvalue weighted by molar-refractivity contribution is -0.134. The van der Waals surface area contributed by atoms with Gasteiger partial charge >= 0.3 is 5.97 Å². The van der Waals surface area contributed by atoms with Crippen molar-refractivity contribution in [1.82, 2.24) is 4.98 Å². The number of carbonyl (C=O) groups excluding carboxylic acids is 1. The highest BCUT2D eigenvalue weighted by molar-refractivity contribution is 7.09. The van der Waals surface area contributed by atoms with Crippen LogP contribution in [0.2, 0.25) is 0 Å². The lowest BCUT2D eigenvalue weighted by Crippen LogP contribution is -1.98. The van der Waals surface area contributed by atoms with E-state index in [0.717, 1.165) is 16.3 Å². The van der Waals surface area contributed by atoms with E-state index in [-0.39, 0.29) is 0 Å². The number of aromatic nitrogens is 1. The summed E-state index contributed by atoms with van der Waals surface area (Å²) < 4.78 is 15.6. The summed E-state index contributed by atoms with van der Waals surface area (Å²) in [7, 11) is 2.91. The van der Waals surface area contributed by atoms with E-state index in [1.54, 1.807) is 36.7 Å². The molecule has 0 saturated heterocycles. The minimum absolute atomic E-state index is 0.387. The first-order chi connectivity index (χ1) is 10.6. The predicted octanol–water partition coefficient (Wildman–Crippen LogP) is 3.23. The first-order valence-corrected chi connectivity index (χ1v) is 7.48. The maximum atomic E-state index is 11.1. The summed E-state index contributed by atoms with van der Waals surface area (Å²) in [6.45, 7) is 2.34. The molecule has 2 rings (SSSR count). The first kappa shape index (κ1) is 16.0. The second kappa shape index (κ2) is 7.61. The molecule has 22 heavy (non-hydrogen) atoms. The molecular formula is C16H17NO4S. The standard InChI is InChI=1S/C16H17NO4S/c1-11-17-13(10-22-11)9-21-14-6-4-12(8-15(14)19-2)5-7-16(18)20-3/h4-8,10H,9H2,1-3H3/b7-5-. The number of benzene rings is 1. The van der Waals surface area contributed by atoms with E-state index in [2.05, 4.69) is 9.72 Å². The quantitative estimate of drug-likeness (QED) is 0.604. The maximum absolute atomic E-state index is 11.1. The van der Waals surface area contributed by atoms with E-state index in [9.17, 15) is 4.79 Å². The van der Waals surface area contributed by atoms with Crippen LogP contribution in [0.3, 0.4) is 0 Å². The molecule has 0 aliphatic rings. The molecule has 0 aliphatic heterocycles. The van der Waals surface area contributed by atoms with Crippen LogP contribution in [0.4, 0.5) is 0 Å². The van der Waals surface area contributed by atoms with E-state index < -0.39 is 5.97 Å². The van der Waals surface area contributed by atoms with Gasteiger partial charge in [0.25, 0.3) is 0 Å². The molecule has 1 aromatic heterocycles. The molecule has 116 valence electrons. The number of esters is 1. The van der Waals surface area contributed by atoms with Gasteiger partial charge < -0.3 is 14.2 Å². The normalized spacial score (nSPS) is 10.7. The van der Waals surface area contributed by atoms with Crippen LogP contribution in [0.25, 0.3) is 6.08 Å². The average molecular weight is 319 g/mol. The van der Waals surface area contributed by atoms with Crippen molar-refractivity contribution in [2.45, 2.75) is 13.5 Å². The molecule has 0 spiro atoms. The summed E-state index contributed by atoms with van der Waals surface area (Å²) in [5, 5.41) is 2.98. The highest BCUT2D eigenvalue weighted by Crippen LogP contribution is 2.29. The van der Waals surface area contributed by atoms with Crippen LogP contribution in [0, 0.1) is 6.92 Å². The van der Waals surface area contributed by atoms with Crippen LogP contribution in [-0.2, 0) is 16.1 Å². The van der Waals surface area contributed by atoms with Crippen LogP contribution in [-0.4, -0.2) is 25.2 Å². The Morgan fingerprint density at radius 3 is 2.77 bits per heavy atom. The number of nitrogens with zero attached hydrogens (tertiary/aromatic N) is 1. The van der Waals surface area contributed by atoms with Gasteiger partial charge in [0.2, 0.25) is 0 Å². The maximum Gasteiger partial charge on any atom is 0.330 e. The summed E-state index contributed by atoms with van der Waals surface area (Å²) in [6.07, 6.45) is 3.01. The molecular weight excluding hydrogens is 302 g/mol. The molecule has 0 atom stereocenters. The Labute approximate surface area is 133 Å². The monoisotopic (exact) mass is 319 g/mol. The van der Waals surface area contributed by atoms with Gasteiger partial charge in [-0.05, 0) is 30.7 Å². The average Bonchev–Trinajstić information content (AvgIpc) is 2.96. The largest absolute Gasteiger partial charge is 0.493 e. The van der Waals surface area contributed by atoms with Crippen LogP contribution in [0.1, 0.15) is 16.3 Å². The Hall–Kier alpha value is -2.34. The highest BCUT2D eigenvalue weighted by Gasteiger charge is 2.07. The lowest BCUT2D eigenvalue weighted by Gasteiger charge is -2.10. The highest BCUT2D eigenvalue weighted by atomic mass is 32.1. The van der Waals surface area contributed by atoms with Gasteiger partial charge in [-0.1, -0.05) is 6.07 Å². The number of hydrogen-bond donors (Lipinski definition) is 0. The Morgan fingerprint density at radius 2 is 2.14 bits per heavy atom. The van der Waals surface area contributed by atoms with Gasteiger partial charge in [-0.15, -0.1) is 11.3 Å². The fraction of sp³-hybridized carbons (Fsp3) is 0.250.